The number of hydrogen-bond acceptors (Lipinski definition) is 3. The minimum Gasteiger partial charge on any atom is -0.478 e. The molecule has 174 valence electrons. The van der Waals surface area contributed by atoms with E-state index in [1.54, 1.807) is 0 Å². The Kier molecular flexibility index (Phi) is 6.49. The van der Waals surface area contributed by atoms with Gasteiger partial charge in [0, 0.05) is 17.0 Å². The van der Waals surface area contributed by atoms with E-state index in [2.05, 4.69) is 36.4 Å². The third-order valence-corrected chi connectivity index (χ3v) is 6.29. The minimum absolute atomic E-state index is 0.0663. The van der Waals surface area contributed by atoms with Crippen molar-refractivity contribution >= 4 is 27.5 Å². The lowest BCUT2D eigenvalue weighted by Crippen LogP contribution is -2.35. The number of esters is 1. The maximum atomic E-state index is 13.7. The van der Waals surface area contributed by atoms with Gasteiger partial charge in [-0.2, -0.15) is 0 Å². The average molecular weight is 461 g/mol. The van der Waals surface area contributed by atoms with E-state index in [1.165, 1.54) is 0 Å². The SMILES string of the molecule is CC(C)[C@@H](Oc1ccccc1)C(=O)OC(c1cccc2ccccc12)c1cccc2ccccc12. The monoisotopic (exact) mass is 460 g/mol. The van der Waals surface area contributed by atoms with E-state index in [1.807, 2.05) is 92.7 Å². The fourth-order valence-electron chi connectivity index (χ4n) is 4.54. The summed E-state index contributed by atoms with van der Waals surface area (Å²) < 4.78 is 12.5. The number of carbonyl (C=O) groups excluding carboxylic acids is 1. The van der Waals surface area contributed by atoms with Crippen LogP contribution in [0.4, 0.5) is 0 Å². The molecule has 0 aromatic heterocycles. The molecule has 0 spiro atoms. The van der Waals surface area contributed by atoms with Gasteiger partial charge in [-0.3, -0.25) is 0 Å². The highest BCUT2D eigenvalue weighted by atomic mass is 16.6. The van der Waals surface area contributed by atoms with Gasteiger partial charge in [-0.25, -0.2) is 4.79 Å². The number of para-hydroxylation sites is 1. The largest absolute Gasteiger partial charge is 0.478 e. The molecule has 0 heterocycles. The van der Waals surface area contributed by atoms with E-state index in [0.29, 0.717) is 5.75 Å². The van der Waals surface area contributed by atoms with Crippen LogP contribution in [-0.4, -0.2) is 12.1 Å². The van der Waals surface area contributed by atoms with Crippen molar-refractivity contribution in [2.24, 2.45) is 5.92 Å². The summed E-state index contributed by atoms with van der Waals surface area (Å²) in [6, 6.07) is 38.1. The lowest BCUT2D eigenvalue weighted by atomic mass is 9.92. The van der Waals surface area contributed by atoms with E-state index in [9.17, 15) is 4.79 Å². The summed E-state index contributed by atoms with van der Waals surface area (Å²) in [5.74, 6) is 0.202. The molecule has 0 radical (unpaired) electrons. The first-order valence-corrected chi connectivity index (χ1v) is 12.0. The van der Waals surface area contributed by atoms with Crippen LogP contribution in [0.15, 0.2) is 115 Å². The smallest absolute Gasteiger partial charge is 0.348 e. The van der Waals surface area contributed by atoms with E-state index >= 15 is 0 Å². The summed E-state index contributed by atoms with van der Waals surface area (Å²) in [5.41, 5.74) is 1.91. The van der Waals surface area contributed by atoms with Gasteiger partial charge in [-0.1, -0.05) is 117 Å². The zero-order chi connectivity index (χ0) is 24.2. The summed E-state index contributed by atoms with van der Waals surface area (Å²) >= 11 is 0. The number of fused-ring (bicyclic) bond motifs is 2. The van der Waals surface area contributed by atoms with Gasteiger partial charge in [0.15, 0.2) is 12.2 Å². The molecule has 0 saturated carbocycles. The number of ether oxygens (including phenoxy) is 2. The molecular formula is C32H28O3. The van der Waals surface area contributed by atoms with E-state index in [-0.39, 0.29) is 11.9 Å². The van der Waals surface area contributed by atoms with Gasteiger partial charge < -0.3 is 9.47 Å². The van der Waals surface area contributed by atoms with Crippen molar-refractivity contribution in [2.75, 3.05) is 0 Å². The minimum atomic E-state index is -0.732. The molecule has 5 aromatic rings. The number of benzene rings is 5. The molecule has 1 atom stereocenters. The highest BCUT2D eigenvalue weighted by Crippen LogP contribution is 2.36. The van der Waals surface area contributed by atoms with Gasteiger partial charge in [0.25, 0.3) is 0 Å². The zero-order valence-electron chi connectivity index (χ0n) is 19.9. The highest BCUT2D eigenvalue weighted by Gasteiger charge is 2.31. The zero-order valence-corrected chi connectivity index (χ0v) is 19.9. The maximum absolute atomic E-state index is 13.7. The molecule has 0 aliphatic rings. The molecule has 35 heavy (non-hydrogen) atoms. The molecule has 5 rings (SSSR count). The lowest BCUT2D eigenvalue weighted by molar-refractivity contribution is -0.158. The van der Waals surface area contributed by atoms with Crippen LogP contribution in [0.25, 0.3) is 21.5 Å². The number of rotatable bonds is 7. The Morgan fingerprint density at radius 2 is 1.09 bits per heavy atom. The van der Waals surface area contributed by atoms with Crippen LogP contribution >= 0.6 is 0 Å². The second kappa shape index (κ2) is 10.0. The molecule has 0 unspecified atom stereocenters. The Labute approximate surface area is 205 Å². The summed E-state index contributed by atoms with van der Waals surface area (Å²) in [6.07, 6.45) is -1.31. The second-order valence-electron chi connectivity index (χ2n) is 9.05. The van der Waals surface area contributed by atoms with Crippen LogP contribution in [-0.2, 0) is 9.53 Å². The molecule has 0 saturated heterocycles. The third-order valence-electron chi connectivity index (χ3n) is 6.29. The molecule has 0 fully saturated rings. The van der Waals surface area contributed by atoms with Gasteiger partial charge >= 0.3 is 5.97 Å². The highest BCUT2D eigenvalue weighted by molar-refractivity contribution is 5.90. The summed E-state index contributed by atoms with van der Waals surface area (Å²) in [4.78, 5) is 13.7. The van der Waals surface area contributed by atoms with Crippen molar-refractivity contribution in [3.8, 4) is 5.75 Å². The van der Waals surface area contributed by atoms with Gasteiger partial charge in [0.2, 0.25) is 0 Å². The van der Waals surface area contributed by atoms with Crippen LogP contribution in [0.5, 0.6) is 5.75 Å². The molecular weight excluding hydrogens is 432 g/mol. The first kappa shape index (κ1) is 22.7. The Morgan fingerprint density at radius 1 is 0.600 bits per heavy atom. The second-order valence-corrected chi connectivity index (χ2v) is 9.05. The molecule has 0 aliphatic heterocycles. The molecule has 3 nitrogen and oxygen atoms in total. The Hall–Kier alpha value is -4.11. The summed E-state index contributed by atoms with van der Waals surface area (Å²) in [5, 5.41) is 4.33. The van der Waals surface area contributed by atoms with Gasteiger partial charge in [-0.05, 0) is 33.7 Å². The Morgan fingerprint density at radius 3 is 1.63 bits per heavy atom. The Balaban J connectivity index is 1.60. The van der Waals surface area contributed by atoms with Crippen LogP contribution in [0, 0.1) is 5.92 Å². The van der Waals surface area contributed by atoms with Crippen LogP contribution in [0.2, 0.25) is 0 Å². The molecule has 5 aromatic carbocycles. The van der Waals surface area contributed by atoms with Gasteiger partial charge in [0.1, 0.15) is 5.75 Å². The molecule has 0 aliphatic carbocycles. The quantitative estimate of drug-likeness (QED) is 0.233. The van der Waals surface area contributed by atoms with Gasteiger partial charge in [-0.15, -0.1) is 0 Å². The van der Waals surface area contributed by atoms with Crippen LogP contribution in [0.1, 0.15) is 31.1 Å². The predicted octanol–water partition coefficient (Wildman–Crippen LogP) is 7.73. The first-order valence-electron chi connectivity index (χ1n) is 12.0. The average Bonchev–Trinajstić information content (AvgIpc) is 2.90. The molecule has 0 N–H and O–H groups in total. The van der Waals surface area contributed by atoms with Crippen molar-refractivity contribution in [2.45, 2.75) is 26.1 Å². The number of carbonyl (C=O) groups is 1. The fourth-order valence-corrected chi connectivity index (χ4v) is 4.54. The maximum Gasteiger partial charge on any atom is 0.348 e. The first-order chi connectivity index (χ1) is 17.1. The predicted molar refractivity (Wildman–Crippen MR) is 142 cm³/mol. The van der Waals surface area contributed by atoms with Gasteiger partial charge in [0.05, 0.1) is 0 Å². The van der Waals surface area contributed by atoms with Crippen molar-refractivity contribution in [3.05, 3.63) is 126 Å². The summed E-state index contributed by atoms with van der Waals surface area (Å²) in [6.45, 7) is 3.94. The van der Waals surface area contributed by atoms with Crippen LogP contribution < -0.4 is 4.74 Å². The van der Waals surface area contributed by atoms with E-state index < -0.39 is 12.2 Å². The number of hydrogen-bond donors (Lipinski definition) is 0. The Bertz CT molecular complexity index is 1370. The van der Waals surface area contributed by atoms with Crippen molar-refractivity contribution < 1.29 is 14.3 Å². The summed E-state index contributed by atoms with van der Waals surface area (Å²) in [7, 11) is 0. The fraction of sp³-hybridized carbons (Fsp3) is 0.156. The molecule has 3 heteroatoms. The van der Waals surface area contributed by atoms with Crippen molar-refractivity contribution in [1.82, 2.24) is 0 Å². The third kappa shape index (κ3) is 4.76. The standard InChI is InChI=1S/C32H28O3/c1-22(2)30(34-25-16-4-3-5-17-25)32(33)35-31(28-20-10-14-23-12-6-8-18-26(23)28)29-21-11-15-24-13-7-9-19-27(24)29/h3-22,30-31H,1-2H3/t30-/m1/s1. The van der Waals surface area contributed by atoms with Crippen LogP contribution in [0.3, 0.4) is 0 Å². The normalized spacial score (nSPS) is 12.2. The lowest BCUT2D eigenvalue weighted by Gasteiger charge is -2.26. The van der Waals surface area contributed by atoms with E-state index in [0.717, 1.165) is 32.7 Å². The molecule has 0 amide bonds. The van der Waals surface area contributed by atoms with Crippen molar-refractivity contribution in [1.29, 1.82) is 0 Å². The van der Waals surface area contributed by atoms with Crippen molar-refractivity contribution in [3.63, 3.8) is 0 Å². The topological polar surface area (TPSA) is 35.5 Å². The molecule has 0 bridgehead atoms. The van der Waals surface area contributed by atoms with E-state index in [4.69, 9.17) is 9.47 Å².